The molecule has 1 aromatic heterocycles. The zero-order valence-electron chi connectivity index (χ0n) is 15.9. The van der Waals surface area contributed by atoms with Crippen molar-refractivity contribution in [3.63, 3.8) is 0 Å². The van der Waals surface area contributed by atoms with Crippen molar-refractivity contribution in [2.24, 2.45) is 0 Å². The van der Waals surface area contributed by atoms with E-state index in [2.05, 4.69) is 24.3 Å². The molecule has 0 N–H and O–H groups in total. The zero-order chi connectivity index (χ0) is 19.3. The highest BCUT2D eigenvalue weighted by Crippen LogP contribution is 2.29. The van der Waals surface area contributed by atoms with Crippen LogP contribution in [0.4, 0.5) is 0 Å². The zero-order valence-corrected chi connectivity index (χ0v) is 15.9. The van der Waals surface area contributed by atoms with Crippen molar-refractivity contribution in [2.75, 3.05) is 0 Å². The molecule has 4 aromatic rings. The summed E-state index contributed by atoms with van der Waals surface area (Å²) in [6.07, 6.45) is 1.70. The van der Waals surface area contributed by atoms with Gasteiger partial charge in [0.05, 0.1) is 0 Å². The van der Waals surface area contributed by atoms with Gasteiger partial charge in [-0.05, 0) is 54.2 Å². The van der Waals surface area contributed by atoms with Crippen molar-refractivity contribution in [2.45, 2.75) is 26.4 Å². The largest absolute Gasteiger partial charge is 0.489 e. The second-order valence-electron chi connectivity index (χ2n) is 6.96. The van der Waals surface area contributed by atoms with Gasteiger partial charge in [0.1, 0.15) is 17.9 Å². The molecular formula is C25H22O3. The number of ether oxygens (including phenoxy) is 1. The van der Waals surface area contributed by atoms with Gasteiger partial charge in [0.25, 0.3) is 0 Å². The van der Waals surface area contributed by atoms with Gasteiger partial charge >= 0.3 is 5.63 Å². The lowest BCUT2D eigenvalue weighted by Crippen LogP contribution is -2.03. The van der Waals surface area contributed by atoms with Crippen LogP contribution in [0.15, 0.2) is 88.1 Å². The molecule has 0 fully saturated rings. The van der Waals surface area contributed by atoms with Gasteiger partial charge < -0.3 is 9.15 Å². The molecule has 0 aliphatic heterocycles. The fourth-order valence-corrected chi connectivity index (χ4v) is 3.38. The molecule has 0 aliphatic carbocycles. The van der Waals surface area contributed by atoms with Crippen LogP contribution in [0, 0.1) is 6.92 Å². The predicted molar refractivity (Wildman–Crippen MR) is 112 cm³/mol. The van der Waals surface area contributed by atoms with E-state index in [-0.39, 0.29) is 5.63 Å². The second-order valence-corrected chi connectivity index (χ2v) is 6.96. The molecular weight excluding hydrogens is 348 g/mol. The molecule has 0 saturated carbocycles. The van der Waals surface area contributed by atoms with Crippen LogP contribution in [0.3, 0.4) is 0 Å². The maximum Gasteiger partial charge on any atom is 0.336 e. The highest BCUT2D eigenvalue weighted by atomic mass is 16.5. The maximum absolute atomic E-state index is 11.8. The highest BCUT2D eigenvalue weighted by molar-refractivity contribution is 5.82. The quantitative estimate of drug-likeness (QED) is 0.423. The Bertz CT molecular complexity index is 1130. The Morgan fingerprint density at radius 3 is 2.21 bits per heavy atom. The van der Waals surface area contributed by atoms with Crippen molar-refractivity contribution in [1.82, 2.24) is 0 Å². The first-order chi connectivity index (χ1) is 13.7. The van der Waals surface area contributed by atoms with E-state index in [1.807, 2.05) is 55.5 Å². The van der Waals surface area contributed by atoms with Crippen LogP contribution in [0.25, 0.3) is 11.0 Å². The average Bonchev–Trinajstić information content (AvgIpc) is 2.72. The summed E-state index contributed by atoms with van der Waals surface area (Å²) in [4.78, 5) is 11.8. The lowest BCUT2D eigenvalue weighted by Gasteiger charge is -2.14. The van der Waals surface area contributed by atoms with E-state index in [0.717, 1.165) is 40.7 Å². The summed E-state index contributed by atoms with van der Waals surface area (Å²) in [6.45, 7) is 2.42. The predicted octanol–water partition coefficient (Wildman–Crippen LogP) is 5.47. The normalized spacial score (nSPS) is 10.9. The van der Waals surface area contributed by atoms with Crippen molar-refractivity contribution in [3.05, 3.63) is 112 Å². The molecule has 4 rings (SSSR count). The van der Waals surface area contributed by atoms with Gasteiger partial charge in [-0.15, -0.1) is 0 Å². The number of aryl methyl sites for hydroxylation is 3. The molecule has 3 heteroatoms. The van der Waals surface area contributed by atoms with Crippen LogP contribution in [-0.4, -0.2) is 0 Å². The number of benzene rings is 3. The van der Waals surface area contributed by atoms with Gasteiger partial charge in [-0.3, -0.25) is 0 Å². The van der Waals surface area contributed by atoms with Gasteiger partial charge in [-0.25, -0.2) is 4.79 Å². The number of rotatable bonds is 6. The van der Waals surface area contributed by atoms with E-state index in [1.165, 1.54) is 11.6 Å². The van der Waals surface area contributed by atoms with Crippen LogP contribution in [0.5, 0.6) is 5.75 Å². The molecule has 1 heterocycles. The fourth-order valence-electron chi connectivity index (χ4n) is 3.38. The molecule has 0 atom stereocenters. The Hall–Kier alpha value is -3.33. The SMILES string of the molecule is Cc1cc(=O)oc2cc(CCc3ccccc3)c(OCc3ccccc3)cc12. The minimum atomic E-state index is -0.322. The summed E-state index contributed by atoms with van der Waals surface area (Å²) < 4.78 is 11.6. The molecule has 3 aromatic carbocycles. The maximum atomic E-state index is 11.8. The summed E-state index contributed by atoms with van der Waals surface area (Å²) in [5, 5.41) is 0.908. The monoisotopic (exact) mass is 370 g/mol. The van der Waals surface area contributed by atoms with Gasteiger partial charge in [0.2, 0.25) is 0 Å². The smallest absolute Gasteiger partial charge is 0.336 e. The van der Waals surface area contributed by atoms with Gasteiger partial charge in [0, 0.05) is 11.5 Å². The van der Waals surface area contributed by atoms with Gasteiger partial charge in [0.15, 0.2) is 0 Å². The van der Waals surface area contributed by atoms with E-state index < -0.39 is 0 Å². The molecule has 0 amide bonds. The van der Waals surface area contributed by atoms with Crippen LogP contribution in [0.2, 0.25) is 0 Å². The van der Waals surface area contributed by atoms with E-state index in [1.54, 1.807) is 0 Å². The van der Waals surface area contributed by atoms with E-state index in [4.69, 9.17) is 9.15 Å². The number of hydrogen-bond acceptors (Lipinski definition) is 3. The minimum Gasteiger partial charge on any atom is -0.489 e. The molecule has 0 radical (unpaired) electrons. The fraction of sp³-hybridized carbons (Fsp3) is 0.160. The molecule has 0 bridgehead atoms. The van der Waals surface area contributed by atoms with Crippen LogP contribution in [-0.2, 0) is 19.4 Å². The molecule has 3 nitrogen and oxygen atoms in total. The van der Waals surface area contributed by atoms with Crippen molar-refractivity contribution >= 4 is 11.0 Å². The van der Waals surface area contributed by atoms with Crippen LogP contribution in [0.1, 0.15) is 22.3 Å². The second kappa shape index (κ2) is 8.13. The summed E-state index contributed by atoms with van der Waals surface area (Å²) in [5.41, 5.74) is 4.61. The molecule has 0 saturated heterocycles. The van der Waals surface area contributed by atoms with E-state index in [0.29, 0.717) is 12.2 Å². The summed E-state index contributed by atoms with van der Waals surface area (Å²) in [5.74, 6) is 0.837. The Kier molecular flexibility index (Phi) is 5.24. The van der Waals surface area contributed by atoms with Crippen molar-refractivity contribution < 1.29 is 9.15 Å². The van der Waals surface area contributed by atoms with E-state index in [9.17, 15) is 4.79 Å². The first-order valence-electron chi connectivity index (χ1n) is 9.47. The first-order valence-corrected chi connectivity index (χ1v) is 9.47. The highest BCUT2D eigenvalue weighted by Gasteiger charge is 2.11. The first kappa shape index (κ1) is 18.1. The van der Waals surface area contributed by atoms with Crippen molar-refractivity contribution in [1.29, 1.82) is 0 Å². The molecule has 28 heavy (non-hydrogen) atoms. The number of hydrogen-bond donors (Lipinski definition) is 0. The van der Waals surface area contributed by atoms with Crippen LogP contribution >= 0.6 is 0 Å². The average molecular weight is 370 g/mol. The molecule has 0 spiro atoms. The Morgan fingerprint density at radius 1 is 0.821 bits per heavy atom. The topological polar surface area (TPSA) is 39.4 Å². The lowest BCUT2D eigenvalue weighted by atomic mass is 10.0. The van der Waals surface area contributed by atoms with E-state index >= 15 is 0 Å². The Morgan fingerprint density at radius 2 is 1.50 bits per heavy atom. The molecule has 0 unspecified atom stereocenters. The third kappa shape index (κ3) is 4.15. The minimum absolute atomic E-state index is 0.322. The summed E-state index contributed by atoms with van der Waals surface area (Å²) >= 11 is 0. The van der Waals surface area contributed by atoms with Gasteiger partial charge in [-0.1, -0.05) is 60.7 Å². The Labute approximate surface area is 164 Å². The van der Waals surface area contributed by atoms with Gasteiger partial charge in [-0.2, -0.15) is 0 Å². The molecule has 0 aliphatic rings. The summed E-state index contributed by atoms with van der Waals surface area (Å²) in [7, 11) is 0. The molecule has 140 valence electrons. The van der Waals surface area contributed by atoms with Crippen molar-refractivity contribution in [3.8, 4) is 5.75 Å². The number of fused-ring (bicyclic) bond motifs is 1. The lowest BCUT2D eigenvalue weighted by molar-refractivity contribution is 0.303. The third-order valence-corrected chi connectivity index (χ3v) is 4.90. The third-order valence-electron chi connectivity index (χ3n) is 4.90. The summed E-state index contributed by atoms with van der Waals surface area (Å²) in [6, 6.07) is 25.9. The standard InChI is InChI=1S/C25H22O3/c1-18-14-25(26)28-24-15-21(13-12-19-8-4-2-5-9-19)23(16-22(18)24)27-17-20-10-6-3-7-11-20/h2-11,14-16H,12-13,17H2,1H3. The van der Waals surface area contributed by atoms with Crippen LogP contribution < -0.4 is 10.4 Å². The Balaban J connectivity index is 1.68.